The molecular weight excluding hydrogens is 492 g/mol. The fourth-order valence-corrected chi connectivity index (χ4v) is 4.50. The number of ketones is 1. The lowest BCUT2D eigenvalue weighted by atomic mass is 10.0. The highest BCUT2D eigenvalue weighted by atomic mass is 16.4. The highest BCUT2D eigenvalue weighted by Crippen LogP contribution is 2.23. The molecule has 200 valence electrons. The lowest BCUT2D eigenvalue weighted by molar-refractivity contribution is -0.191. The van der Waals surface area contributed by atoms with Crippen molar-refractivity contribution in [3.05, 3.63) is 95.6 Å². The molecule has 0 spiro atoms. The Bertz CT molecular complexity index is 1400. The van der Waals surface area contributed by atoms with Gasteiger partial charge >= 0.3 is 6.15 Å². The number of pyridine rings is 1. The number of aryl methyl sites for hydroxylation is 2. The highest BCUT2D eigenvalue weighted by Gasteiger charge is 2.16. The third kappa shape index (κ3) is 7.88. The van der Waals surface area contributed by atoms with E-state index in [1.54, 1.807) is 6.20 Å². The van der Waals surface area contributed by atoms with Gasteiger partial charge in [-0.25, -0.2) is 9.97 Å². The third-order valence-corrected chi connectivity index (χ3v) is 6.77. The lowest BCUT2D eigenvalue weighted by Gasteiger charge is -2.32. The van der Waals surface area contributed by atoms with Crippen LogP contribution in [0.4, 0.5) is 0 Å². The molecule has 3 heterocycles. The van der Waals surface area contributed by atoms with Crippen LogP contribution in [0.2, 0.25) is 0 Å². The predicted molar refractivity (Wildman–Crippen MR) is 147 cm³/mol. The number of piperazine rings is 1. The third-order valence-electron chi connectivity index (χ3n) is 6.77. The Balaban J connectivity index is 0.00000112. The Morgan fingerprint density at radius 2 is 1.51 bits per heavy atom. The summed E-state index contributed by atoms with van der Waals surface area (Å²) in [6.45, 7) is 7.46. The topological polar surface area (TPSA) is 96.6 Å². The first kappa shape index (κ1) is 27.8. The maximum Gasteiger partial charge on any atom is 0.373 e. The first-order chi connectivity index (χ1) is 18.9. The van der Waals surface area contributed by atoms with E-state index in [-0.39, 0.29) is 17.8 Å². The highest BCUT2D eigenvalue weighted by molar-refractivity contribution is 5.92. The molecule has 8 nitrogen and oxygen atoms in total. The van der Waals surface area contributed by atoms with Crippen molar-refractivity contribution >= 4 is 11.9 Å². The van der Waals surface area contributed by atoms with Gasteiger partial charge in [0.2, 0.25) is 5.78 Å². The Morgan fingerprint density at radius 3 is 2.13 bits per heavy atom. The van der Waals surface area contributed by atoms with Crippen LogP contribution in [0.15, 0.2) is 77.3 Å². The Morgan fingerprint density at radius 1 is 0.897 bits per heavy atom. The number of Topliss-reactive ketones (excluding diaryl/α,β-unsaturated/α-hetero) is 1. The first-order valence-corrected chi connectivity index (χ1v) is 13.0. The van der Waals surface area contributed by atoms with Crippen LogP contribution in [0.25, 0.3) is 22.6 Å². The van der Waals surface area contributed by atoms with E-state index in [2.05, 4.69) is 75.3 Å². The number of oxazole rings is 1. The van der Waals surface area contributed by atoms with Gasteiger partial charge in [-0.3, -0.25) is 9.69 Å². The van der Waals surface area contributed by atoms with Crippen molar-refractivity contribution in [2.45, 2.75) is 26.3 Å². The van der Waals surface area contributed by atoms with Crippen molar-refractivity contribution in [2.75, 3.05) is 33.2 Å². The summed E-state index contributed by atoms with van der Waals surface area (Å²) in [7, 11) is 2.19. The van der Waals surface area contributed by atoms with Gasteiger partial charge in [0.25, 0.3) is 5.89 Å². The smallest absolute Gasteiger partial charge is 0.373 e. The van der Waals surface area contributed by atoms with Crippen LogP contribution < -0.4 is 0 Å². The lowest BCUT2D eigenvalue weighted by Crippen LogP contribution is -2.43. The number of carbonyl (C=O) groups excluding carboxylic acids is 3. The second-order valence-corrected chi connectivity index (χ2v) is 9.67. The van der Waals surface area contributed by atoms with Crippen LogP contribution in [0.3, 0.4) is 0 Å². The van der Waals surface area contributed by atoms with Gasteiger partial charge in [0.15, 0.2) is 5.76 Å². The summed E-state index contributed by atoms with van der Waals surface area (Å²) < 4.78 is 5.69. The Labute approximate surface area is 228 Å². The quantitative estimate of drug-likeness (QED) is 0.306. The molecule has 39 heavy (non-hydrogen) atoms. The van der Waals surface area contributed by atoms with Gasteiger partial charge in [0, 0.05) is 44.8 Å². The van der Waals surface area contributed by atoms with Crippen LogP contribution in [-0.4, -0.2) is 64.9 Å². The van der Waals surface area contributed by atoms with Crippen molar-refractivity contribution in [1.29, 1.82) is 0 Å². The van der Waals surface area contributed by atoms with Gasteiger partial charge in [0.1, 0.15) is 5.69 Å². The van der Waals surface area contributed by atoms with Gasteiger partial charge < -0.3 is 9.32 Å². The summed E-state index contributed by atoms with van der Waals surface area (Å²) in [6.07, 6.45) is 2.81. The summed E-state index contributed by atoms with van der Waals surface area (Å²) in [5.41, 5.74) is 6.43. The SMILES string of the molecule is Cc1cccc(-c2cnc(C(=O)CCc3ccc(-c4ccc(CN5CCN(C)CC5)cc4)cc3)o2)n1.O=C=O. The van der Waals surface area contributed by atoms with Gasteiger partial charge in [0.05, 0.1) is 6.20 Å². The molecule has 0 bridgehead atoms. The van der Waals surface area contributed by atoms with E-state index in [9.17, 15) is 4.79 Å². The first-order valence-electron chi connectivity index (χ1n) is 13.0. The molecule has 8 heteroatoms. The maximum absolute atomic E-state index is 12.6. The van der Waals surface area contributed by atoms with E-state index in [0.717, 1.165) is 44.0 Å². The monoisotopic (exact) mass is 524 g/mol. The molecule has 2 aromatic carbocycles. The molecule has 0 N–H and O–H groups in total. The van der Waals surface area contributed by atoms with E-state index in [1.165, 1.54) is 16.7 Å². The number of hydrogen-bond donors (Lipinski definition) is 0. The zero-order valence-electron chi connectivity index (χ0n) is 22.3. The molecule has 1 aliphatic rings. The van der Waals surface area contributed by atoms with Gasteiger partial charge in [-0.15, -0.1) is 0 Å². The zero-order chi connectivity index (χ0) is 27.6. The molecule has 0 aliphatic carbocycles. The minimum absolute atomic E-state index is 0.103. The molecule has 0 unspecified atom stereocenters. The van der Waals surface area contributed by atoms with Crippen LogP contribution in [-0.2, 0) is 22.6 Å². The van der Waals surface area contributed by atoms with E-state index in [4.69, 9.17) is 14.0 Å². The number of benzene rings is 2. The standard InChI is InChI=1S/C30H32N4O2.CO2/c1-22-4-3-5-27(32-22)29-20-31-30(36-29)28(35)15-10-23-6-11-25(12-7-23)26-13-8-24(9-14-26)21-34-18-16-33(2)17-19-34;2-1-3/h3-9,11-14,20H,10,15-19,21H2,1-2H3;. The Hall–Kier alpha value is -4.23. The number of carbonyl (C=O) groups is 1. The molecular formula is C31H32N4O4. The second kappa shape index (κ2) is 13.5. The summed E-state index contributed by atoms with van der Waals surface area (Å²) >= 11 is 0. The van der Waals surface area contributed by atoms with Crippen LogP contribution >= 0.6 is 0 Å². The molecule has 0 atom stereocenters. The summed E-state index contributed by atoms with van der Waals surface area (Å²) in [4.78, 5) is 42.4. The average molecular weight is 525 g/mol. The maximum atomic E-state index is 12.6. The fourth-order valence-electron chi connectivity index (χ4n) is 4.50. The van der Waals surface area contributed by atoms with E-state index in [1.807, 2.05) is 25.1 Å². The van der Waals surface area contributed by atoms with Crippen LogP contribution in [0, 0.1) is 6.92 Å². The molecule has 0 radical (unpaired) electrons. The molecule has 1 saturated heterocycles. The summed E-state index contributed by atoms with van der Waals surface area (Å²) in [5, 5.41) is 0. The Kier molecular flexibility index (Phi) is 9.64. The molecule has 4 aromatic rings. The van der Waals surface area contributed by atoms with Crippen molar-refractivity contribution in [3.63, 3.8) is 0 Å². The largest absolute Gasteiger partial charge is 0.432 e. The molecule has 2 aromatic heterocycles. The molecule has 5 rings (SSSR count). The second-order valence-electron chi connectivity index (χ2n) is 9.67. The van der Waals surface area contributed by atoms with Gasteiger partial charge in [-0.1, -0.05) is 54.6 Å². The number of rotatable bonds is 8. The predicted octanol–water partition coefficient (Wildman–Crippen LogP) is 4.69. The number of aromatic nitrogens is 2. The van der Waals surface area contributed by atoms with Crippen LogP contribution in [0.5, 0.6) is 0 Å². The van der Waals surface area contributed by atoms with E-state index in [0.29, 0.717) is 24.3 Å². The minimum Gasteiger partial charge on any atom is -0.432 e. The van der Waals surface area contributed by atoms with E-state index < -0.39 is 0 Å². The number of nitrogens with zero attached hydrogens (tertiary/aromatic N) is 4. The zero-order valence-corrected chi connectivity index (χ0v) is 22.3. The average Bonchev–Trinajstić information content (AvgIpc) is 3.45. The van der Waals surface area contributed by atoms with Crippen molar-refractivity contribution in [3.8, 4) is 22.6 Å². The van der Waals surface area contributed by atoms with Crippen molar-refractivity contribution in [1.82, 2.24) is 19.8 Å². The molecule has 0 saturated carbocycles. The normalized spacial score (nSPS) is 13.8. The number of likely N-dealkylation sites (N-methyl/N-ethyl adjacent to an activating group) is 1. The molecule has 0 amide bonds. The van der Waals surface area contributed by atoms with Gasteiger partial charge in [-0.2, -0.15) is 9.59 Å². The summed E-state index contributed by atoms with van der Waals surface area (Å²) in [5.74, 6) is 0.552. The number of hydrogen-bond acceptors (Lipinski definition) is 8. The minimum atomic E-state index is -0.103. The van der Waals surface area contributed by atoms with Gasteiger partial charge in [-0.05, 0) is 54.8 Å². The van der Waals surface area contributed by atoms with Crippen LogP contribution in [0.1, 0.15) is 33.9 Å². The van der Waals surface area contributed by atoms with Crippen molar-refractivity contribution < 1.29 is 18.8 Å². The summed E-state index contributed by atoms with van der Waals surface area (Å²) in [6, 6.07) is 23.0. The van der Waals surface area contributed by atoms with E-state index >= 15 is 0 Å². The fraction of sp³-hybridized carbons (Fsp3) is 0.290. The molecule has 1 fully saturated rings. The van der Waals surface area contributed by atoms with Crippen molar-refractivity contribution in [2.24, 2.45) is 0 Å². The molecule has 1 aliphatic heterocycles.